The molecule has 0 unspecified atom stereocenters. The van der Waals surface area contributed by atoms with Crippen LogP contribution in [0.5, 0.6) is 0 Å². The molecule has 0 aromatic carbocycles. The van der Waals surface area contributed by atoms with Crippen molar-refractivity contribution in [1.29, 1.82) is 0 Å². The molecule has 2 heterocycles. The summed E-state index contributed by atoms with van der Waals surface area (Å²) in [5, 5.41) is 0. The van der Waals surface area contributed by atoms with Crippen molar-refractivity contribution >= 4 is 11.0 Å². The molecule has 56 valence electrons. The lowest BCUT2D eigenvalue weighted by Crippen LogP contribution is -1.98. The van der Waals surface area contributed by atoms with Crippen LogP contribution < -0.4 is 5.73 Å². The summed E-state index contributed by atoms with van der Waals surface area (Å²) in [6.45, 7) is 0.501. The lowest BCUT2D eigenvalue weighted by molar-refractivity contribution is 1.01. The fourth-order valence-electron chi connectivity index (χ4n) is 1.09. The first-order valence-electron chi connectivity index (χ1n) is 3.53. The van der Waals surface area contributed by atoms with Gasteiger partial charge in [0.2, 0.25) is 0 Å². The van der Waals surface area contributed by atoms with E-state index in [2.05, 4.69) is 9.97 Å². The molecule has 0 bridgehead atoms. The summed E-state index contributed by atoms with van der Waals surface area (Å²) >= 11 is 0. The number of H-pyrrole nitrogens is 1. The molecule has 0 fully saturated rings. The maximum Gasteiger partial charge on any atom is 0.0882 e. The van der Waals surface area contributed by atoms with Gasteiger partial charge in [0.25, 0.3) is 0 Å². The number of fused-ring (bicyclic) bond motifs is 1. The van der Waals surface area contributed by atoms with Gasteiger partial charge in [0.1, 0.15) is 0 Å². The van der Waals surface area contributed by atoms with Gasteiger partial charge in [-0.15, -0.1) is 0 Å². The molecule has 3 heteroatoms. The first kappa shape index (κ1) is 6.37. The molecule has 0 aliphatic heterocycles. The minimum Gasteiger partial charge on any atom is -0.360 e. The molecule has 0 atom stereocenters. The highest BCUT2D eigenvalue weighted by Crippen LogP contribution is 2.08. The van der Waals surface area contributed by atoms with E-state index >= 15 is 0 Å². The number of rotatable bonds is 1. The van der Waals surface area contributed by atoms with Crippen LogP contribution in [0.25, 0.3) is 11.0 Å². The zero-order valence-electron chi connectivity index (χ0n) is 6.04. The molecule has 2 rings (SSSR count). The van der Waals surface area contributed by atoms with Gasteiger partial charge in [-0.25, -0.2) is 4.98 Å². The highest BCUT2D eigenvalue weighted by Gasteiger charge is 1.95. The van der Waals surface area contributed by atoms with E-state index < -0.39 is 0 Å². The third-order valence-electron chi connectivity index (χ3n) is 1.67. The average molecular weight is 147 g/mol. The van der Waals surface area contributed by atoms with Crippen molar-refractivity contribution in [1.82, 2.24) is 9.97 Å². The zero-order chi connectivity index (χ0) is 7.68. The molecule has 3 N–H and O–H groups in total. The second-order valence-electron chi connectivity index (χ2n) is 2.42. The number of hydrogen-bond donors (Lipinski definition) is 2. The van der Waals surface area contributed by atoms with Crippen LogP contribution in [0.2, 0.25) is 0 Å². The van der Waals surface area contributed by atoms with Crippen LogP contribution in [-0.4, -0.2) is 9.97 Å². The Balaban J connectivity index is 2.67. The van der Waals surface area contributed by atoms with E-state index in [0.29, 0.717) is 6.54 Å². The molecule has 0 saturated heterocycles. The number of aromatic nitrogens is 2. The van der Waals surface area contributed by atoms with Crippen LogP contribution in [0.1, 0.15) is 5.69 Å². The van der Waals surface area contributed by atoms with E-state index in [1.807, 2.05) is 24.4 Å². The normalized spacial score (nSPS) is 10.6. The average Bonchev–Trinajstić information content (AvgIpc) is 2.50. The van der Waals surface area contributed by atoms with Crippen LogP contribution in [0.3, 0.4) is 0 Å². The SMILES string of the molecule is NCc1ccc2[nH]ccc2n1. The molecule has 2 aromatic rings. The monoisotopic (exact) mass is 147 g/mol. The number of nitrogens with zero attached hydrogens (tertiary/aromatic N) is 1. The first-order valence-corrected chi connectivity index (χ1v) is 3.53. The number of aromatic amines is 1. The van der Waals surface area contributed by atoms with E-state index in [0.717, 1.165) is 16.7 Å². The third kappa shape index (κ3) is 0.991. The van der Waals surface area contributed by atoms with Crippen molar-refractivity contribution < 1.29 is 0 Å². The summed E-state index contributed by atoms with van der Waals surface area (Å²) in [6.07, 6.45) is 1.87. The Morgan fingerprint density at radius 2 is 2.27 bits per heavy atom. The van der Waals surface area contributed by atoms with E-state index in [4.69, 9.17) is 5.73 Å². The molecule has 0 aliphatic carbocycles. The molecule has 3 nitrogen and oxygen atoms in total. The van der Waals surface area contributed by atoms with E-state index in [-0.39, 0.29) is 0 Å². The smallest absolute Gasteiger partial charge is 0.0882 e. The van der Waals surface area contributed by atoms with Gasteiger partial charge in [-0.05, 0) is 18.2 Å². The summed E-state index contributed by atoms with van der Waals surface area (Å²) in [4.78, 5) is 7.36. The van der Waals surface area contributed by atoms with Gasteiger partial charge in [0.15, 0.2) is 0 Å². The highest BCUT2D eigenvalue weighted by atomic mass is 14.8. The van der Waals surface area contributed by atoms with Crippen molar-refractivity contribution in [2.24, 2.45) is 5.73 Å². The largest absolute Gasteiger partial charge is 0.360 e. The molecule has 2 aromatic heterocycles. The molecule has 0 spiro atoms. The van der Waals surface area contributed by atoms with Gasteiger partial charge in [-0.2, -0.15) is 0 Å². The second-order valence-corrected chi connectivity index (χ2v) is 2.42. The fourth-order valence-corrected chi connectivity index (χ4v) is 1.09. The van der Waals surface area contributed by atoms with Crippen LogP contribution in [-0.2, 0) is 6.54 Å². The Labute approximate surface area is 64.2 Å². The fraction of sp³-hybridized carbons (Fsp3) is 0.125. The Bertz CT molecular complexity index is 364. The van der Waals surface area contributed by atoms with Crippen LogP contribution in [0.4, 0.5) is 0 Å². The second kappa shape index (κ2) is 2.36. The van der Waals surface area contributed by atoms with Crippen molar-refractivity contribution in [3.8, 4) is 0 Å². The zero-order valence-corrected chi connectivity index (χ0v) is 6.04. The lowest BCUT2D eigenvalue weighted by atomic mass is 10.3. The minimum absolute atomic E-state index is 0.501. The van der Waals surface area contributed by atoms with Crippen molar-refractivity contribution in [2.45, 2.75) is 6.54 Å². The summed E-state index contributed by atoms with van der Waals surface area (Å²) in [5.74, 6) is 0. The van der Waals surface area contributed by atoms with Crippen LogP contribution >= 0.6 is 0 Å². The number of nitrogens with two attached hydrogens (primary N) is 1. The summed E-state index contributed by atoms with van der Waals surface area (Å²) in [6, 6.07) is 5.86. The lowest BCUT2D eigenvalue weighted by Gasteiger charge is -1.94. The minimum atomic E-state index is 0.501. The predicted molar refractivity (Wildman–Crippen MR) is 44.0 cm³/mol. The molecule has 0 radical (unpaired) electrons. The van der Waals surface area contributed by atoms with Crippen LogP contribution in [0.15, 0.2) is 24.4 Å². The Kier molecular flexibility index (Phi) is 1.36. The Morgan fingerprint density at radius 3 is 3.09 bits per heavy atom. The standard InChI is InChI=1S/C8H9N3/c9-5-6-1-2-7-8(11-6)3-4-10-7/h1-4,10H,5,9H2. The number of pyridine rings is 1. The Morgan fingerprint density at radius 1 is 1.36 bits per heavy atom. The van der Waals surface area contributed by atoms with Gasteiger partial charge >= 0.3 is 0 Å². The topological polar surface area (TPSA) is 54.7 Å². The summed E-state index contributed by atoms with van der Waals surface area (Å²) in [5.41, 5.74) is 8.40. The maximum atomic E-state index is 5.44. The molecule has 11 heavy (non-hydrogen) atoms. The van der Waals surface area contributed by atoms with Gasteiger partial charge < -0.3 is 10.7 Å². The van der Waals surface area contributed by atoms with Gasteiger partial charge in [0.05, 0.1) is 16.7 Å². The molecule has 0 aliphatic rings. The Hall–Kier alpha value is -1.35. The highest BCUT2D eigenvalue weighted by molar-refractivity contribution is 5.74. The van der Waals surface area contributed by atoms with Gasteiger partial charge in [-0.3, -0.25) is 0 Å². The van der Waals surface area contributed by atoms with Crippen molar-refractivity contribution in [3.05, 3.63) is 30.1 Å². The van der Waals surface area contributed by atoms with Crippen LogP contribution in [0, 0.1) is 0 Å². The molecule has 0 amide bonds. The van der Waals surface area contributed by atoms with Crippen molar-refractivity contribution in [3.63, 3.8) is 0 Å². The van der Waals surface area contributed by atoms with Gasteiger partial charge in [-0.1, -0.05) is 0 Å². The van der Waals surface area contributed by atoms with Crippen molar-refractivity contribution in [2.75, 3.05) is 0 Å². The van der Waals surface area contributed by atoms with E-state index in [9.17, 15) is 0 Å². The number of hydrogen-bond acceptors (Lipinski definition) is 2. The third-order valence-corrected chi connectivity index (χ3v) is 1.67. The number of nitrogens with one attached hydrogen (secondary N) is 1. The summed E-state index contributed by atoms with van der Waals surface area (Å²) in [7, 11) is 0. The van der Waals surface area contributed by atoms with E-state index in [1.165, 1.54) is 0 Å². The summed E-state index contributed by atoms with van der Waals surface area (Å²) < 4.78 is 0. The molecular formula is C8H9N3. The quantitative estimate of drug-likeness (QED) is 0.632. The predicted octanol–water partition coefficient (Wildman–Crippen LogP) is 1.02. The molecule has 0 saturated carbocycles. The maximum absolute atomic E-state index is 5.44. The van der Waals surface area contributed by atoms with Gasteiger partial charge in [0, 0.05) is 12.7 Å². The van der Waals surface area contributed by atoms with E-state index in [1.54, 1.807) is 0 Å². The first-order chi connectivity index (χ1) is 5.40. The molecular weight excluding hydrogens is 138 g/mol.